The minimum absolute atomic E-state index is 0.101. The highest BCUT2D eigenvalue weighted by Crippen LogP contribution is 2.45. The molecule has 1 aliphatic carbocycles. The van der Waals surface area contributed by atoms with Crippen molar-refractivity contribution in [1.82, 2.24) is 15.1 Å². The van der Waals surface area contributed by atoms with E-state index in [1.807, 2.05) is 42.5 Å². The summed E-state index contributed by atoms with van der Waals surface area (Å²) in [5.74, 6) is 0.643. The summed E-state index contributed by atoms with van der Waals surface area (Å²) in [5, 5.41) is 8.68. The smallest absolute Gasteiger partial charge is 0.275 e. The van der Waals surface area contributed by atoms with E-state index in [4.69, 9.17) is 4.74 Å². The van der Waals surface area contributed by atoms with E-state index in [-0.39, 0.29) is 29.7 Å². The van der Waals surface area contributed by atoms with Gasteiger partial charge in [0.05, 0.1) is 17.6 Å². The molecule has 30 heavy (non-hydrogen) atoms. The van der Waals surface area contributed by atoms with Crippen LogP contribution in [-0.2, 0) is 11.3 Å². The van der Waals surface area contributed by atoms with Gasteiger partial charge in [0.1, 0.15) is 17.9 Å². The van der Waals surface area contributed by atoms with E-state index in [9.17, 15) is 9.59 Å². The van der Waals surface area contributed by atoms with Crippen LogP contribution < -0.4 is 15.6 Å². The van der Waals surface area contributed by atoms with Gasteiger partial charge in [-0.15, -0.1) is 0 Å². The monoisotopic (exact) mass is 403 g/mol. The van der Waals surface area contributed by atoms with Gasteiger partial charge in [0.2, 0.25) is 5.91 Å². The highest BCUT2D eigenvalue weighted by atomic mass is 16.5. The molecule has 0 bridgehead atoms. The Morgan fingerprint density at radius 2 is 1.87 bits per heavy atom. The van der Waals surface area contributed by atoms with Gasteiger partial charge in [0, 0.05) is 17.4 Å². The molecule has 0 saturated heterocycles. The van der Waals surface area contributed by atoms with E-state index in [0.29, 0.717) is 5.39 Å². The lowest BCUT2D eigenvalue weighted by Crippen LogP contribution is -2.47. The molecule has 1 aliphatic heterocycles. The molecule has 1 fully saturated rings. The molecule has 1 saturated carbocycles. The van der Waals surface area contributed by atoms with Crippen LogP contribution in [0.25, 0.3) is 10.8 Å². The van der Waals surface area contributed by atoms with Crippen molar-refractivity contribution in [2.24, 2.45) is 0 Å². The summed E-state index contributed by atoms with van der Waals surface area (Å²) in [6, 6.07) is 15.1. The molecule has 2 aromatic carbocycles. The van der Waals surface area contributed by atoms with E-state index in [1.165, 1.54) is 11.1 Å². The molecule has 6 nitrogen and oxygen atoms in total. The number of hydrogen-bond acceptors (Lipinski definition) is 4. The van der Waals surface area contributed by atoms with Gasteiger partial charge in [-0.05, 0) is 37.8 Å². The average Bonchev–Trinajstić information content (AvgIpc) is 2.76. The summed E-state index contributed by atoms with van der Waals surface area (Å²) in [5.41, 5.74) is 0.544. The molecule has 6 heteroatoms. The summed E-state index contributed by atoms with van der Waals surface area (Å²) in [6.45, 7) is -0.101. The fraction of sp³-hybridized carbons (Fsp3) is 0.375. The van der Waals surface area contributed by atoms with Crippen LogP contribution in [0, 0.1) is 0 Å². The number of carbonyl (C=O) groups is 1. The highest BCUT2D eigenvalue weighted by Gasteiger charge is 2.42. The van der Waals surface area contributed by atoms with Gasteiger partial charge < -0.3 is 10.1 Å². The third-order valence-electron chi connectivity index (χ3n) is 6.35. The van der Waals surface area contributed by atoms with Crippen molar-refractivity contribution >= 4 is 16.7 Å². The maximum Gasteiger partial charge on any atom is 0.275 e. The summed E-state index contributed by atoms with van der Waals surface area (Å²) < 4.78 is 7.67. The third-order valence-corrected chi connectivity index (χ3v) is 6.35. The van der Waals surface area contributed by atoms with Gasteiger partial charge in [-0.1, -0.05) is 42.8 Å². The molecule has 0 radical (unpaired) electrons. The zero-order chi connectivity index (χ0) is 20.6. The molecule has 1 N–H and O–H groups in total. The van der Waals surface area contributed by atoms with Crippen molar-refractivity contribution in [3.05, 3.63) is 70.6 Å². The molecule has 0 unspecified atom stereocenters. The molecule has 1 atom stereocenters. The minimum atomic E-state index is -0.251. The molecule has 154 valence electrons. The van der Waals surface area contributed by atoms with E-state index in [2.05, 4.69) is 10.4 Å². The van der Waals surface area contributed by atoms with E-state index in [1.54, 1.807) is 12.3 Å². The number of para-hydroxylation sites is 1. The zero-order valence-corrected chi connectivity index (χ0v) is 16.8. The number of rotatable bonds is 3. The van der Waals surface area contributed by atoms with Crippen molar-refractivity contribution in [2.45, 2.75) is 56.7 Å². The molecule has 1 amide bonds. The largest absolute Gasteiger partial charge is 0.487 e. The van der Waals surface area contributed by atoms with Crippen LogP contribution >= 0.6 is 0 Å². The van der Waals surface area contributed by atoms with Crippen molar-refractivity contribution in [1.29, 1.82) is 0 Å². The van der Waals surface area contributed by atoms with Gasteiger partial charge in [-0.2, -0.15) is 5.10 Å². The fourth-order valence-corrected chi connectivity index (χ4v) is 4.87. The number of benzene rings is 2. The number of fused-ring (bicyclic) bond motifs is 2. The lowest BCUT2D eigenvalue weighted by molar-refractivity contribution is -0.123. The predicted octanol–water partition coefficient (Wildman–Crippen LogP) is 3.74. The maximum atomic E-state index is 12.9. The number of ether oxygens (including phenoxy) is 1. The Morgan fingerprint density at radius 3 is 2.73 bits per heavy atom. The Bertz CT molecular complexity index is 1150. The average molecular weight is 403 g/mol. The Kier molecular flexibility index (Phi) is 4.77. The van der Waals surface area contributed by atoms with Crippen LogP contribution in [0.5, 0.6) is 5.75 Å². The zero-order valence-electron chi connectivity index (χ0n) is 16.8. The summed E-state index contributed by atoms with van der Waals surface area (Å²) in [6.07, 6.45) is 7.96. The maximum absolute atomic E-state index is 12.9. The number of carbonyl (C=O) groups excluding carboxylic acids is 1. The summed E-state index contributed by atoms with van der Waals surface area (Å²) >= 11 is 0. The van der Waals surface area contributed by atoms with Crippen LogP contribution in [0.15, 0.2) is 59.5 Å². The summed E-state index contributed by atoms with van der Waals surface area (Å²) in [7, 11) is 0. The van der Waals surface area contributed by atoms with E-state index in [0.717, 1.165) is 48.8 Å². The molecule has 1 aromatic heterocycles. The lowest BCUT2D eigenvalue weighted by Gasteiger charge is -2.44. The van der Waals surface area contributed by atoms with Crippen LogP contribution in [-0.4, -0.2) is 21.3 Å². The number of nitrogens with one attached hydrogen (secondary N) is 1. The van der Waals surface area contributed by atoms with Crippen LogP contribution in [0.2, 0.25) is 0 Å². The first kappa shape index (κ1) is 18.9. The van der Waals surface area contributed by atoms with Crippen molar-refractivity contribution < 1.29 is 9.53 Å². The Morgan fingerprint density at radius 1 is 1.10 bits per heavy atom. The van der Waals surface area contributed by atoms with Crippen molar-refractivity contribution in [3.8, 4) is 5.75 Å². The second-order valence-electron chi connectivity index (χ2n) is 8.40. The number of nitrogens with zero attached hydrogens (tertiary/aromatic N) is 2. The topological polar surface area (TPSA) is 73.2 Å². The van der Waals surface area contributed by atoms with Crippen LogP contribution in [0.3, 0.4) is 0 Å². The van der Waals surface area contributed by atoms with Gasteiger partial charge in [-0.3, -0.25) is 9.59 Å². The number of hydrogen-bond donors (Lipinski definition) is 1. The molecule has 3 aromatic rings. The van der Waals surface area contributed by atoms with Crippen LogP contribution in [0.1, 0.15) is 50.1 Å². The first-order chi connectivity index (χ1) is 14.6. The van der Waals surface area contributed by atoms with Gasteiger partial charge in [0.15, 0.2) is 0 Å². The molecule has 2 heterocycles. The predicted molar refractivity (Wildman–Crippen MR) is 114 cm³/mol. The SMILES string of the molecule is O=C(Cn1ncc2ccccc2c1=O)N[C@H]1CC2(CCCCC2)Oc2ccccc21. The second-order valence-corrected chi connectivity index (χ2v) is 8.40. The van der Waals surface area contributed by atoms with Gasteiger partial charge in [-0.25, -0.2) is 4.68 Å². The van der Waals surface area contributed by atoms with E-state index < -0.39 is 0 Å². The van der Waals surface area contributed by atoms with Crippen molar-refractivity contribution in [2.75, 3.05) is 0 Å². The summed E-state index contributed by atoms with van der Waals surface area (Å²) in [4.78, 5) is 25.6. The third kappa shape index (κ3) is 3.47. The Balaban J connectivity index is 1.39. The fourth-order valence-electron chi connectivity index (χ4n) is 4.87. The molecule has 5 rings (SSSR count). The van der Waals surface area contributed by atoms with E-state index >= 15 is 0 Å². The molecule has 1 spiro atoms. The quantitative estimate of drug-likeness (QED) is 0.723. The first-order valence-electron chi connectivity index (χ1n) is 10.7. The highest BCUT2D eigenvalue weighted by molar-refractivity contribution is 5.81. The van der Waals surface area contributed by atoms with Crippen LogP contribution in [0.4, 0.5) is 0 Å². The first-order valence-corrected chi connectivity index (χ1v) is 10.7. The number of amides is 1. The molecule has 2 aliphatic rings. The Labute approximate surface area is 174 Å². The molecular formula is C24H25N3O3. The van der Waals surface area contributed by atoms with Crippen molar-refractivity contribution in [3.63, 3.8) is 0 Å². The second kappa shape index (κ2) is 7.59. The molecular weight excluding hydrogens is 378 g/mol. The normalized spacial score (nSPS) is 19.8. The van der Waals surface area contributed by atoms with Gasteiger partial charge in [0.25, 0.3) is 5.56 Å². The number of aromatic nitrogens is 2. The lowest BCUT2D eigenvalue weighted by atomic mass is 9.77. The minimum Gasteiger partial charge on any atom is -0.487 e. The van der Waals surface area contributed by atoms with Gasteiger partial charge >= 0.3 is 0 Å². The Hall–Kier alpha value is -3.15. The standard InChI is InChI=1S/C24H25N3O3/c28-22(16-27-23(29)18-9-3-2-8-17(18)15-25-27)26-20-14-24(12-6-1-7-13-24)30-21-11-5-4-10-19(20)21/h2-5,8-11,15,20H,1,6-7,12-14,16H2,(H,26,28)/t20-/m0/s1.